The number of aromatic amines is 1. The van der Waals surface area contributed by atoms with E-state index in [9.17, 15) is 0 Å². The third kappa shape index (κ3) is 1.53. The van der Waals surface area contributed by atoms with Crippen LogP contribution in [0.1, 0.15) is 25.1 Å². The van der Waals surface area contributed by atoms with Gasteiger partial charge in [0.25, 0.3) is 0 Å². The SMILES string of the molecule is COC1(c2ncc(Br)c(=S)[nH]2)CCC1. The zero-order chi connectivity index (χ0) is 10.2. The Kier molecular flexibility index (Phi) is 2.72. The summed E-state index contributed by atoms with van der Waals surface area (Å²) in [6, 6.07) is 0. The van der Waals surface area contributed by atoms with Crippen LogP contribution in [0.5, 0.6) is 0 Å². The van der Waals surface area contributed by atoms with Crippen molar-refractivity contribution >= 4 is 28.1 Å². The minimum absolute atomic E-state index is 0.214. The fourth-order valence-electron chi connectivity index (χ4n) is 1.65. The summed E-state index contributed by atoms with van der Waals surface area (Å²) in [4.78, 5) is 7.41. The fourth-order valence-corrected chi connectivity index (χ4v) is 2.00. The highest BCUT2D eigenvalue weighted by atomic mass is 79.9. The summed E-state index contributed by atoms with van der Waals surface area (Å²) >= 11 is 8.45. The van der Waals surface area contributed by atoms with Gasteiger partial charge in [-0.3, -0.25) is 0 Å². The summed E-state index contributed by atoms with van der Waals surface area (Å²) in [7, 11) is 1.72. The summed E-state index contributed by atoms with van der Waals surface area (Å²) in [5, 5.41) is 0. The normalized spacial score (nSPS) is 19.0. The average molecular weight is 275 g/mol. The van der Waals surface area contributed by atoms with Crippen LogP contribution < -0.4 is 0 Å². The van der Waals surface area contributed by atoms with Gasteiger partial charge >= 0.3 is 0 Å². The maximum absolute atomic E-state index is 5.50. The van der Waals surface area contributed by atoms with Crippen molar-refractivity contribution in [3.63, 3.8) is 0 Å². The van der Waals surface area contributed by atoms with Gasteiger partial charge in [0.05, 0.1) is 4.47 Å². The van der Waals surface area contributed by atoms with Gasteiger partial charge in [0.1, 0.15) is 16.1 Å². The molecule has 1 aromatic heterocycles. The Morgan fingerprint density at radius 1 is 1.64 bits per heavy atom. The smallest absolute Gasteiger partial charge is 0.139 e. The molecule has 0 amide bonds. The van der Waals surface area contributed by atoms with Crippen LogP contribution in [0, 0.1) is 4.64 Å². The molecule has 0 unspecified atom stereocenters. The van der Waals surface area contributed by atoms with Gasteiger partial charge in [-0.2, -0.15) is 0 Å². The average Bonchev–Trinajstić information content (AvgIpc) is 2.10. The van der Waals surface area contributed by atoms with E-state index < -0.39 is 0 Å². The van der Waals surface area contributed by atoms with Gasteiger partial charge in [0.2, 0.25) is 0 Å². The highest BCUT2D eigenvalue weighted by Gasteiger charge is 2.41. The van der Waals surface area contributed by atoms with Crippen LogP contribution in [0.2, 0.25) is 0 Å². The van der Waals surface area contributed by atoms with E-state index in [-0.39, 0.29) is 5.60 Å². The molecule has 0 aromatic carbocycles. The third-order valence-electron chi connectivity index (χ3n) is 2.74. The van der Waals surface area contributed by atoms with Gasteiger partial charge in [-0.1, -0.05) is 12.2 Å². The zero-order valence-corrected chi connectivity index (χ0v) is 10.2. The zero-order valence-electron chi connectivity index (χ0n) is 7.84. The lowest BCUT2D eigenvalue weighted by Gasteiger charge is -2.39. The maximum Gasteiger partial charge on any atom is 0.139 e. The second kappa shape index (κ2) is 3.72. The molecule has 5 heteroatoms. The van der Waals surface area contributed by atoms with Crippen LogP contribution in [0.3, 0.4) is 0 Å². The lowest BCUT2D eigenvalue weighted by molar-refractivity contribution is -0.0847. The molecule has 0 aliphatic heterocycles. The van der Waals surface area contributed by atoms with Crippen molar-refractivity contribution in [1.82, 2.24) is 9.97 Å². The molecule has 0 radical (unpaired) electrons. The van der Waals surface area contributed by atoms with Gasteiger partial charge in [0.15, 0.2) is 0 Å². The second-order valence-corrected chi connectivity index (χ2v) is 4.72. The van der Waals surface area contributed by atoms with Crippen LogP contribution in [-0.4, -0.2) is 17.1 Å². The molecule has 1 saturated carbocycles. The molecule has 14 heavy (non-hydrogen) atoms. The minimum atomic E-state index is -0.214. The summed E-state index contributed by atoms with van der Waals surface area (Å²) in [6.07, 6.45) is 4.95. The number of hydrogen-bond donors (Lipinski definition) is 1. The molecule has 3 nitrogen and oxygen atoms in total. The first-order chi connectivity index (χ1) is 6.68. The number of ether oxygens (including phenoxy) is 1. The Morgan fingerprint density at radius 3 is 2.79 bits per heavy atom. The number of aromatic nitrogens is 2. The lowest BCUT2D eigenvalue weighted by atomic mass is 9.79. The molecule has 1 heterocycles. The molecule has 1 aliphatic rings. The molecular formula is C9H11BrN2OS. The van der Waals surface area contributed by atoms with Gasteiger partial charge < -0.3 is 9.72 Å². The molecule has 1 aliphatic carbocycles. The molecule has 0 bridgehead atoms. The first-order valence-electron chi connectivity index (χ1n) is 4.48. The predicted octanol–water partition coefficient (Wildman–Crippen LogP) is 2.93. The molecule has 0 saturated heterocycles. The number of halogens is 1. The Hall–Kier alpha value is -0.260. The fraction of sp³-hybridized carbons (Fsp3) is 0.556. The van der Waals surface area contributed by atoms with Gasteiger partial charge in [-0.25, -0.2) is 4.98 Å². The quantitative estimate of drug-likeness (QED) is 0.843. The van der Waals surface area contributed by atoms with Crippen molar-refractivity contribution < 1.29 is 4.74 Å². The Morgan fingerprint density at radius 2 is 2.36 bits per heavy atom. The molecular weight excluding hydrogens is 264 g/mol. The van der Waals surface area contributed by atoms with Crippen LogP contribution in [0.15, 0.2) is 10.7 Å². The highest BCUT2D eigenvalue weighted by Crippen LogP contribution is 2.42. The van der Waals surface area contributed by atoms with E-state index >= 15 is 0 Å². The van der Waals surface area contributed by atoms with E-state index in [4.69, 9.17) is 17.0 Å². The standard InChI is InChI=1S/C9H11BrN2OS/c1-13-9(3-2-4-9)8-11-5-6(10)7(14)12-8/h5H,2-4H2,1H3,(H,11,12,14). The first kappa shape index (κ1) is 10.3. The van der Waals surface area contributed by atoms with E-state index in [1.54, 1.807) is 13.3 Å². The number of nitrogens with zero attached hydrogens (tertiary/aromatic N) is 1. The molecule has 1 aromatic rings. The van der Waals surface area contributed by atoms with Crippen LogP contribution in [0.25, 0.3) is 0 Å². The van der Waals surface area contributed by atoms with E-state index in [1.165, 1.54) is 6.42 Å². The largest absolute Gasteiger partial charge is 0.370 e. The molecule has 1 fully saturated rings. The number of nitrogens with one attached hydrogen (secondary N) is 1. The first-order valence-corrected chi connectivity index (χ1v) is 5.68. The predicted molar refractivity (Wildman–Crippen MR) is 59.7 cm³/mol. The van der Waals surface area contributed by atoms with E-state index in [0.717, 1.165) is 23.1 Å². The van der Waals surface area contributed by atoms with Crippen molar-refractivity contribution in [3.05, 3.63) is 21.1 Å². The Labute approximate surface area is 96.0 Å². The van der Waals surface area contributed by atoms with Gasteiger partial charge in [-0.05, 0) is 35.2 Å². The van der Waals surface area contributed by atoms with Crippen molar-refractivity contribution in [3.8, 4) is 0 Å². The molecule has 0 atom stereocenters. The number of methoxy groups -OCH3 is 1. The highest BCUT2D eigenvalue weighted by molar-refractivity contribution is 9.10. The van der Waals surface area contributed by atoms with Crippen molar-refractivity contribution in [1.29, 1.82) is 0 Å². The minimum Gasteiger partial charge on any atom is -0.370 e. The monoisotopic (exact) mass is 274 g/mol. The van der Waals surface area contributed by atoms with Crippen molar-refractivity contribution in [2.45, 2.75) is 24.9 Å². The third-order valence-corrected chi connectivity index (χ3v) is 3.93. The van der Waals surface area contributed by atoms with Crippen molar-refractivity contribution in [2.75, 3.05) is 7.11 Å². The van der Waals surface area contributed by atoms with Crippen LogP contribution >= 0.6 is 28.1 Å². The van der Waals surface area contributed by atoms with E-state index in [0.29, 0.717) is 4.64 Å². The Balaban J connectivity index is 2.41. The summed E-state index contributed by atoms with van der Waals surface area (Å²) < 4.78 is 7.00. The van der Waals surface area contributed by atoms with E-state index in [1.807, 2.05) is 0 Å². The summed E-state index contributed by atoms with van der Waals surface area (Å²) in [5.41, 5.74) is -0.214. The van der Waals surface area contributed by atoms with Crippen LogP contribution in [0.4, 0.5) is 0 Å². The second-order valence-electron chi connectivity index (χ2n) is 3.46. The molecule has 76 valence electrons. The lowest BCUT2D eigenvalue weighted by Crippen LogP contribution is -2.38. The van der Waals surface area contributed by atoms with Crippen molar-refractivity contribution in [2.24, 2.45) is 0 Å². The maximum atomic E-state index is 5.50. The van der Waals surface area contributed by atoms with E-state index in [2.05, 4.69) is 25.9 Å². The summed E-state index contributed by atoms with van der Waals surface area (Å²) in [5.74, 6) is 0.847. The number of hydrogen-bond acceptors (Lipinski definition) is 3. The topological polar surface area (TPSA) is 37.9 Å². The number of H-pyrrole nitrogens is 1. The van der Waals surface area contributed by atoms with Gasteiger partial charge in [0, 0.05) is 13.3 Å². The molecule has 0 spiro atoms. The Bertz CT molecular complexity index is 395. The molecule has 2 rings (SSSR count). The van der Waals surface area contributed by atoms with Crippen LogP contribution in [-0.2, 0) is 10.3 Å². The van der Waals surface area contributed by atoms with Gasteiger partial charge in [-0.15, -0.1) is 0 Å². The molecule has 1 N–H and O–H groups in total. The number of rotatable bonds is 2. The summed E-state index contributed by atoms with van der Waals surface area (Å²) in [6.45, 7) is 0.